The number of pyridine rings is 1. The smallest absolute Gasteiger partial charge is 0.0602 e. The number of halogens is 1. The molecule has 0 fully saturated rings. The predicted molar refractivity (Wildman–Crippen MR) is 65.8 cm³/mol. The minimum absolute atomic E-state index is 0.938. The molecule has 0 saturated carbocycles. The Morgan fingerprint density at radius 2 is 2.29 bits per heavy atom. The summed E-state index contributed by atoms with van der Waals surface area (Å²) in [6.07, 6.45) is 1.84. The van der Waals surface area contributed by atoms with Crippen molar-refractivity contribution >= 4 is 39.0 Å². The predicted octanol–water partition coefficient (Wildman–Crippen LogP) is 4.20. The summed E-state index contributed by atoms with van der Waals surface area (Å²) in [7, 11) is 0. The lowest BCUT2D eigenvalue weighted by molar-refractivity contribution is 1.17. The lowest BCUT2D eigenvalue weighted by atomic mass is 10.4. The fraction of sp³-hybridized carbons (Fsp3) is 0.100. The average molecular weight is 286 g/mol. The minimum atomic E-state index is 0.938. The Hall–Kier alpha value is -0.320. The van der Waals surface area contributed by atoms with Gasteiger partial charge in [0.05, 0.1) is 9.90 Å². The van der Waals surface area contributed by atoms with Crippen LogP contribution in [0, 0.1) is 0 Å². The van der Waals surface area contributed by atoms with Gasteiger partial charge < -0.3 is 0 Å². The van der Waals surface area contributed by atoms with E-state index < -0.39 is 0 Å². The van der Waals surface area contributed by atoms with Crippen LogP contribution in [0.1, 0.15) is 5.69 Å². The van der Waals surface area contributed by atoms with E-state index in [1.54, 1.807) is 11.3 Å². The monoisotopic (exact) mass is 285 g/mol. The molecule has 4 heteroatoms. The zero-order valence-electron chi connectivity index (χ0n) is 7.31. The van der Waals surface area contributed by atoms with Gasteiger partial charge >= 0.3 is 0 Å². The standard InChI is InChI=1S/C10H8BrNS2/c11-8-3-4-9(12-6-8)7-14-10-2-1-5-13-10/h1-6H,7H2. The number of rotatable bonds is 3. The molecule has 0 aromatic carbocycles. The van der Waals surface area contributed by atoms with Crippen molar-refractivity contribution in [2.75, 3.05) is 0 Å². The number of thiophene rings is 1. The molecule has 14 heavy (non-hydrogen) atoms. The van der Waals surface area contributed by atoms with Crippen molar-refractivity contribution in [2.45, 2.75) is 9.96 Å². The number of hydrogen-bond acceptors (Lipinski definition) is 3. The lowest BCUT2D eigenvalue weighted by Gasteiger charge is -1.98. The first-order valence-electron chi connectivity index (χ1n) is 4.11. The van der Waals surface area contributed by atoms with Gasteiger partial charge in [-0.25, -0.2) is 0 Å². The molecule has 2 aromatic heterocycles. The van der Waals surface area contributed by atoms with Crippen LogP contribution in [0.15, 0.2) is 44.5 Å². The van der Waals surface area contributed by atoms with Crippen molar-refractivity contribution in [3.05, 3.63) is 46.0 Å². The summed E-state index contributed by atoms with van der Waals surface area (Å²) in [5, 5.41) is 2.09. The van der Waals surface area contributed by atoms with E-state index in [1.807, 2.05) is 30.1 Å². The third-order valence-electron chi connectivity index (χ3n) is 1.65. The third-order valence-corrected chi connectivity index (χ3v) is 4.28. The molecule has 0 bridgehead atoms. The average Bonchev–Trinajstić information content (AvgIpc) is 2.70. The van der Waals surface area contributed by atoms with Gasteiger partial charge in [0.15, 0.2) is 0 Å². The maximum atomic E-state index is 4.31. The highest BCUT2D eigenvalue weighted by atomic mass is 79.9. The van der Waals surface area contributed by atoms with Gasteiger partial charge in [-0.15, -0.1) is 23.1 Å². The van der Waals surface area contributed by atoms with Crippen molar-refractivity contribution in [3.8, 4) is 0 Å². The summed E-state index contributed by atoms with van der Waals surface area (Å²) in [6.45, 7) is 0. The van der Waals surface area contributed by atoms with Gasteiger partial charge in [-0.05, 0) is 39.5 Å². The second-order valence-electron chi connectivity index (χ2n) is 2.69. The van der Waals surface area contributed by atoms with Gasteiger partial charge in [0, 0.05) is 16.4 Å². The second kappa shape index (κ2) is 4.96. The summed E-state index contributed by atoms with van der Waals surface area (Å²) < 4.78 is 2.37. The Morgan fingerprint density at radius 3 is 2.93 bits per heavy atom. The van der Waals surface area contributed by atoms with Crippen LogP contribution in [-0.4, -0.2) is 4.98 Å². The van der Waals surface area contributed by atoms with Crippen LogP contribution in [0.3, 0.4) is 0 Å². The van der Waals surface area contributed by atoms with Crippen LogP contribution in [0.2, 0.25) is 0 Å². The van der Waals surface area contributed by atoms with E-state index in [4.69, 9.17) is 0 Å². The normalized spacial score (nSPS) is 10.4. The van der Waals surface area contributed by atoms with Crippen molar-refractivity contribution in [1.29, 1.82) is 0 Å². The van der Waals surface area contributed by atoms with Crippen LogP contribution < -0.4 is 0 Å². The molecule has 0 atom stereocenters. The summed E-state index contributed by atoms with van der Waals surface area (Å²) in [5.74, 6) is 0.938. The first-order chi connectivity index (χ1) is 6.84. The molecule has 0 aliphatic carbocycles. The molecule has 1 nitrogen and oxygen atoms in total. The fourth-order valence-electron chi connectivity index (χ4n) is 0.983. The quantitative estimate of drug-likeness (QED) is 0.784. The molecular weight excluding hydrogens is 278 g/mol. The Balaban J connectivity index is 1.95. The maximum absolute atomic E-state index is 4.31. The molecule has 0 spiro atoms. The van der Waals surface area contributed by atoms with Gasteiger partial charge in [-0.2, -0.15) is 0 Å². The van der Waals surface area contributed by atoms with Crippen LogP contribution in [0.5, 0.6) is 0 Å². The molecule has 0 saturated heterocycles. The molecular formula is C10H8BrNS2. The highest BCUT2D eigenvalue weighted by molar-refractivity contribution is 9.10. The van der Waals surface area contributed by atoms with Gasteiger partial charge in [0.2, 0.25) is 0 Å². The number of aromatic nitrogens is 1. The van der Waals surface area contributed by atoms with Crippen molar-refractivity contribution in [3.63, 3.8) is 0 Å². The van der Waals surface area contributed by atoms with Crippen molar-refractivity contribution in [1.82, 2.24) is 4.98 Å². The molecule has 0 aliphatic rings. The Labute approximate surface area is 99.7 Å². The SMILES string of the molecule is Brc1ccc(CSc2cccs2)nc1. The topological polar surface area (TPSA) is 12.9 Å². The van der Waals surface area contributed by atoms with E-state index in [-0.39, 0.29) is 0 Å². The lowest BCUT2D eigenvalue weighted by Crippen LogP contribution is -1.84. The molecule has 72 valence electrons. The molecule has 0 amide bonds. The van der Waals surface area contributed by atoms with Gasteiger partial charge in [0.25, 0.3) is 0 Å². The van der Waals surface area contributed by atoms with E-state index in [9.17, 15) is 0 Å². The molecule has 2 rings (SSSR count). The first kappa shape index (κ1) is 10.2. The van der Waals surface area contributed by atoms with E-state index in [0.29, 0.717) is 0 Å². The highest BCUT2D eigenvalue weighted by Crippen LogP contribution is 2.26. The Bertz CT molecular complexity index is 383. The number of nitrogens with zero attached hydrogens (tertiary/aromatic N) is 1. The van der Waals surface area contributed by atoms with E-state index in [1.165, 1.54) is 4.21 Å². The highest BCUT2D eigenvalue weighted by Gasteiger charge is 1.97. The van der Waals surface area contributed by atoms with Gasteiger partial charge in [-0.3, -0.25) is 4.98 Å². The summed E-state index contributed by atoms with van der Waals surface area (Å²) in [5.41, 5.74) is 1.12. The van der Waals surface area contributed by atoms with Crippen LogP contribution >= 0.6 is 39.0 Å². The molecule has 0 unspecified atom stereocenters. The summed E-state index contributed by atoms with van der Waals surface area (Å²) in [6, 6.07) is 8.28. The molecule has 0 N–H and O–H groups in total. The van der Waals surface area contributed by atoms with Crippen LogP contribution in [-0.2, 0) is 5.75 Å². The molecule has 0 radical (unpaired) electrons. The molecule has 2 aromatic rings. The van der Waals surface area contributed by atoms with E-state index in [2.05, 4.69) is 38.4 Å². The summed E-state index contributed by atoms with van der Waals surface area (Å²) >= 11 is 6.97. The Morgan fingerprint density at radius 1 is 1.36 bits per heavy atom. The van der Waals surface area contributed by atoms with Crippen molar-refractivity contribution < 1.29 is 0 Å². The maximum Gasteiger partial charge on any atom is 0.0602 e. The summed E-state index contributed by atoms with van der Waals surface area (Å²) in [4.78, 5) is 4.31. The van der Waals surface area contributed by atoms with E-state index >= 15 is 0 Å². The Kier molecular flexibility index (Phi) is 3.61. The van der Waals surface area contributed by atoms with Crippen molar-refractivity contribution in [2.24, 2.45) is 0 Å². The molecule has 0 aliphatic heterocycles. The first-order valence-corrected chi connectivity index (χ1v) is 6.77. The minimum Gasteiger partial charge on any atom is -0.259 e. The van der Waals surface area contributed by atoms with Crippen LogP contribution in [0.25, 0.3) is 0 Å². The fourth-order valence-corrected chi connectivity index (χ4v) is 2.92. The zero-order chi connectivity index (χ0) is 9.80. The van der Waals surface area contributed by atoms with Gasteiger partial charge in [0.1, 0.15) is 0 Å². The van der Waals surface area contributed by atoms with Gasteiger partial charge in [-0.1, -0.05) is 6.07 Å². The largest absolute Gasteiger partial charge is 0.259 e. The van der Waals surface area contributed by atoms with E-state index in [0.717, 1.165) is 15.9 Å². The number of hydrogen-bond donors (Lipinski definition) is 0. The third kappa shape index (κ3) is 2.83. The zero-order valence-corrected chi connectivity index (χ0v) is 10.5. The van der Waals surface area contributed by atoms with Crippen LogP contribution in [0.4, 0.5) is 0 Å². The molecule has 2 heterocycles. The second-order valence-corrected chi connectivity index (χ2v) is 5.83. The number of thioether (sulfide) groups is 1.